The molecule has 0 aliphatic carbocycles. The van der Waals surface area contributed by atoms with Crippen molar-refractivity contribution in [3.05, 3.63) is 93.5 Å². The Balaban J connectivity index is 1.95. The Morgan fingerprint density at radius 1 is 1.15 bits per heavy atom. The third kappa shape index (κ3) is 4.32. The number of fused-ring (bicyclic) bond motifs is 2. The van der Waals surface area contributed by atoms with Crippen molar-refractivity contribution in [2.24, 2.45) is 0 Å². The molecule has 1 unspecified atom stereocenters. The number of ether oxygens (including phenoxy) is 2. The van der Waals surface area contributed by atoms with Gasteiger partial charge >= 0.3 is 11.9 Å². The molecule has 174 valence electrons. The molecule has 0 radical (unpaired) electrons. The molecule has 34 heavy (non-hydrogen) atoms. The standard InChI is InChI=1S/C26H22ClNO5S/c1-4-21-18-12-16(29)10-9-15(18)11-19(25(30)32-2)20(26(31)33-3)13-28(21)14-23-24(27)17-7-5-6-8-22(17)34-23/h4-13,21,29H,1,14H2,2-3H3. The number of halogens is 1. The van der Waals surface area contributed by atoms with Gasteiger partial charge in [-0.15, -0.1) is 17.9 Å². The Labute approximate surface area is 206 Å². The minimum absolute atomic E-state index is 0.0382. The molecule has 0 amide bonds. The number of hydrogen-bond donors (Lipinski definition) is 1. The minimum Gasteiger partial charge on any atom is -0.508 e. The van der Waals surface area contributed by atoms with E-state index < -0.39 is 18.0 Å². The number of hydrogen-bond acceptors (Lipinski definition) is 7. The largest absolute Gasteiger partial charge is 0.508 e. The Morgan fingerprint density at radius 3 is 2.53 bits per heavy atom. The summed E-state index contributed by atoms with van der Waals surface area (Å²) < 4.78 is 11.0. The summed E-state index contributed by atoms with van der Waals surface area (Å²) in [6.45, 7) is 4.31. The van der Waals surface area contributed by atoms with Crippen LogP contribution in [0, 0.1) is 0 Å². The van der Waals surface area contributed by atoms with Gasteiger partial charge in [0.2, 0.25) is 0 Å². The molecule has 6 nitrogen and oxygen atoms in total. The highest BCUT2D eigenvalue weighted by atomic mass is 35.5. The molecule has 2 aromatic carbocycles. The van der Waals surface area contributed by atoms with Gasteiger partial charge in [0, 0.05) is 21.2 Å². The van der Waals surface area contributed by atoms with Gasteiger partial charge < -0.3 is 19.5 Å². The summed E-state index contributed by atoms with van der Waals surface area (Å²) in [7, 11) is 2.50. The van der Waals surface area contributed by atoms with Gasteiger partial charge in [-0.1, -0.05) is 41.9 Å². The van der Waals surface area contributed by atoms with E-state index in [4.69, 9.17) is 21.1 Å². The lowest BCUT2D eigenvalue weighted by molar-refractivity contribution is -0.139. The average Bonchev–Trinajstić information content (AvgIpc) is 3.15. The van der Waals surface area contributed by atoms with Gasteiger partial charge in [0.15, 0.2) is 0 Å². The summed E-state index contributed by atoms with van der Waals surface area (Å²) in [6.07, 6.45) is 4.83. The Morgan fingerprint density at radius 2 is 1.85 bits per heavy atom. The summed E-state index contributed by atoms with van der Waals surface area (Å²) >= 11 is 8.26. The first-order chi connectivity index (χ1) is 16.4. The van der Waals surface area contributed by atoms with E-state index in [2.05, 4.69) is 6.58 Å². The van der Waals surface area contributed by atoms with Crippen LogP contribution in [0.15, 0.2) is 72.5 Å². The van der Waals surface area contributed by atoms with Crippen molar-refractivity contribution in [2.45, 2.75) is 12.6 Å². The van der Waals surface area contributed by atoms with Crippen LogP contribution in [0.3, 0.4) is 0 Å². The van der Waals surface area contributed by atoms with Gasteiger partial charge in [-0.25, -0.2) is 9.59 Å². The Hall–Kier alpha value is -3.55. The van der Waals surface area contributed by atoms with Crippen LogP contribution in [0.1, 0.15) is 22.0 Å². The third-order valence-corrected chi connectivity index (χ3v) is 7.29. The highest BCUT2D eigenvalue weighted by Gasteiger charge is 2.30. The van der Waals surface area contributed by atoms with E-state index in [9.17, 15) is 14.7 Å². The highest BCUT2D eigenvalue weighted by Crippen LogP contribution is 2.40. The third-order valence-electron chi connectivity index (χ3n) is 5.59. The van der Waals surface area contributed by atoms with E-state index >= 15 is 0 Å². The number of rotatable bonds is 5. The number of thiophene rings is 1. The zero-order valence-corrected chi connectivity index (χ0v) is 20.2. The van der Waals surface area contributed by atoms with Crippen LogP contribution < -0.4 is 0 Å². The number of aromatic hydroxyl groups is 1. The fourth-order valence-electron chi connectivity index (χ4n) is 3.97. The molecule has 0 saturated carbocycles. The van der Waals surface area contributed by atoms with Crippen molar-refractivity contribution >= 4 is 51.0 Å². The zero-order valence-electron chi connectivity index (χ0n) is 18.6. The lowest BCUT2D eigenvalue weighted by Gasteiger charge is -2.32. The fourth-order valence-corrected chi connectivity index (χ4v) is 5.47. The molecule has 0 bridgehead atoms. The highest BCUT2D eigenvalue weighted by molar-refractivity contribution is 7.19. The monoisotopic (exact) mass is 495 g/mol. The van der Waals surface area contributed by atoms with Gasteiger partial charge in [0.1, 0.15) is 5.75 Å². The van der Waals surface area contributed by atoms with Crippen LogP contribution in [0.2, 0.25) is 5.02 Å². The fraction of sp³-hybridized carbons (Fsp3) is 0.154. The van der Waals surface area contributed by atoms with E-state index in [1.165, 1.54) is 20.3 Å². The first-order valence-corrected chi connectivity index (χ1v) is 11.5. The molecule has 1 N–H and O–H groups in total. The number of esters is 2. The number of phenolic OH excluding ortho intramolecular Hbond substituents is 1. The van der Waals surface area contributed by atoms with Crippen LogP contribution in [0.25, 0.3) is 16.2 Å². The quantitative estimate of drug-likeness (QED) is 0.366. The maximum atomic E-state index is 12.8. The average molecular weight is 496 g/mol. The number of carbonyl (C=O) groups excluding carboxylic acids is 2. The molecule has 0 fully saturated rings. The van der Waals surface area contributed by atoms with E-state index in [-0.39, 0.29) is 16.9 Å². The first-order valence-electron chi connectivity index (χ1n) is 10.4. The van der Waals surface area contributed by atoms with Crippen LogP contribution in [-0.2, 0) is 25.6 Å². The lowest BCUT2D eigenvalue weighted by Crippen LogP contribution is -2.27. The van der Waals surface area contributed by atoms with Gasteiger partial charge in [-0.3, -0.25) is 0 Å². The number of benzene rings is 2. The molecule has 1 aromatic heterocycles. The van der Waals surface area contributed by atoms with Crippen molar-refractivity contribution in [3.63, 3.8) is 0 Å². The van der Waals surface area contributed by atoms with Gasteiger partial charge in [-0.2, -0.15) is 0 Å². The molecular weight excluding hydrogens is 474 g/mol. The van der Waals surface area contributed by atoms with Gasteiger partial charge in [-0.05, 0) is 35.4 Å². The van der Waals surface area contributed by atoms with Crippen molar-refractivity contribution < 1.29 is 24.2 Å². The maximum Gasteiger partial charge on any atom is 0.340 e. The smallest absolute Gasteiger partial charge is 0.340 e. The zero-order chi connectivity index (χ0) is 24.4. The van der Waals surface area contributed by atoms with Gasteiger partial charge in [0.05, 0.1) is 43.0 Å². The normalized spacial score (nSPS) is 15.5. The predicted octanol–water partition coefficient (Wildman–Crippen LogP) is 5.62. The van der Waals surface area contributed by atoms with Crippen molar-refractivity contribution in [3.8, 4) is 5.75 Å². The molecule has 2 heterocycles. The van der Waals surface area contributed by atoms with Crippen LogP contribution in [0.4, 0.5) is 0 Å². The van der Waals surface area contributed by atoms with Crippen molar-refractivity contribution in [1.29, 1.82) is 0 Å². The molecular formula is C26H22ClNO5S. The van der Waals surface area contributed by atoms with Crippen molar-refractivity contribution in [2.75, 3.05) is 14.2 Å². The van der Waals surface area contributed by atoms with E-state index in [1.807, 2.05) is 29.2 Å². The topological polar surface area (TPSA) is 76.1 Å². The minimum atomic E-state index is -0.687. The molecule has 3 aromatic rings. The molecule has 0 spiro atoms. The Kier molecular flexibility index (Phi) is 6.77. The SMILES string of the molecule is C=CC1c2cc(O)ccc2C=C(C(=O)OC)C(C(=O)OC)=CN1Cc1sc2ccccc2c1Cl. The van der Waals surface area contributed by atoms with Crippen molar-refractivity contribution in [1.82, 2.24) is 4.90 Å². The summed E-state index contributed by atoms with van der Waals surface area (Å²) in [5, 5.41) is 11.8. The second-order valence-electron chi connectivity index (χ2n) is 7.59. The number of methoxy groups -OCH3 is 2. The first kappa shape index (κ1) is 23.6. The van der Waals surface area contributed by atoms with Crippen LogP contribution >= 0.6 is 22.9 Å². The molecule has 4 rings (SSSR count). The summed E-state index contributed by atoms with van der Waals surface area (Å²) in [5.41, 5.74) is 1.41. The summed E-state index contributed by atoms with van der Waals surface area (Å²) in [6, 6.07) is 12.2. The number of phenols is 1. The van der Waals surface area contributed by atoms with Crippen LogP contribution in [0.5, 0.6) is 5.75 Å². The molecule has 0 saturated heterocycles. The van der Waals surface area contributed by atoms with Crippen LogP contribution in [-0.4, -0.2) is 36.2 Å². The van der Waals surface area contributed by atoms with E-state index in [1.54, 1.807) is 41.8 Å². The lowest BCUT2D eigenvalue weighted by atomic mass is 9.92. The number of nitrogens with zero attached hydrogens (tertiary/aromatic N) is 1. The second-order valence-corrected chi connectivity index (χ2v) is 9.10. The summed E-state index contributed by atoms with van der Waals surface area (Å²) in [4.78, 5) is 28.2. The van der Waals surface area contributed by atoms with E-state index in [0.717, 1.165) is 15.0 Å². The van der Waals surface area contributed by atoms with Gasteiger partial charge in [0.25, 0.3) is 0 Å². The molecule has 8 heteroatoms. The maximum absolute atomic E-state index is 12.8. The summed E-state index contributed by atoms with van der Waals surface area (Å²) in [5.74, 6) is -1.31. The number of carbonyl (C=O) groups is 2. The Bertz CT molecular complexity index is 1360. The molecule has 1 aliphatic heterocycles. The predicted molar refractivity (Wildman–Crippen MR) is 134 cm³/mol. The molecule has 1 aliphatic rings. The second kappa shape index (κ2) is 9.75. The van der Waals surface area contributed by atoms with E-state index in [0.29, 0.717) is 22.7 Å². The molecule has 1 atom stereocenters.